The lowest BCUT2D eigenvalue weighted by molar-refractivity contribution is 0.208. The third kappa shape index (κ3) is 2.78. The third-order valence-electron chi connectivity index (χ3n) is 4.05. The summed E-state index contributed by atoms with van der Waals surface area (Å²) < 4.78 is 0. The second-order valence-electron chi connectivity index (χ2n) is 5.90. The molecule has 112 valence electrons. The smallest absolute Gasteiger partial charge is 0.227 e. The summed E-state index contributed by atoms with van der Waals surface area (Å²) in [5.41, 5.74) is 0.970. The molecule has 0 aliphatic carbocycles. The number of fused-ring (bicyclic) bond motifs is 1. The number of anilines is 2. The molecular weight excluding hydrogens is 264 g/mol. The zero-order chi connectivity index (χ0) is 14.8. The van der Waals surface area contributed by atoms with Gasteiger partial charge in [0.15, 0.2) is 0 Å². The first-order valence-corrected chi connectivity index (χ1v) is 7.49. The van der Waals surface area contributed by atoms with Gasteiger partial charge in [0, 0.05) is 39.2 Å². The second-order valence-corrected chi connectivity index (χ2v) is 5.90. The minimum Gasteiger partial charge on any atom is -0.396 e. The van der Waals surface area contributed by atoms with Crippen LogP contribution in [0.25, 0.3) is 10.9 Å². The van der Waals surface area contributed by atoms with Gasteiger partial charge in [-0.15, -0.1) is 0 Å². The normalized spacial score (nSPS) is 19.0. The number of aliphatic hydroxyl groups is 1. The van der Waals surface area contributed by atoms with Gasteiger partial charge < -0.3 is 14.9 Å². The highest BCUT2D eigenvalue weighted by atomic mass is 16.3. The van der Waals surface area contributed by atoms with E-state index in [0.29, 0.717) is 5.92 Å². The molecule has 21 heavy (non-hydrogen) atoms. The van der Waals surface area contributed by atoms with Crippen LogP contribution in [0.3, 0.4) is 0 Å². The monoisotopic (exact) mass is 286 g/mol. The van der Waals surface area contributed by atoms with Crippen molar-refractivity contribution in [3.8, 4) is 0 Å². The molecule has 1 aliphatic rings. The molecule has 5 nitrogen and oxygen atoms in total. The van der Waals surface area contributed by atoms with Gasteiger partial charge in [-0.2, -0.15) is 4.98 Å². The minimum atomic E-state index is 0.241. The number of aromatic nitrogens is 2. The van der Waals surface area contributed by atoms with Gasteiger partial charge in [-0.05, 0) is 30.9 Å². The van der Waals surface area contributed by atoms with E-state index in [4.69, 9.17) is 9.97 Å². The quantitative estimate of drug-likeness (QED) is 0.934. The summed E-state index contributed by atoms with van der Waals surface area (Å²) in [5, 5.41) is 10.5. The maximum Gasteiger partial charge on any atom is 0.227 e. The van der Waals surface area contributed by atoms with E-state index in [1.165, 1.54) is 0 Å². The molecule has 1 atom stereocenters. The molecule has 1 saturated heterocycles. The van der Waals surface area contributed by atoms with Crippen LogP contribution in [0.4, 0.5) is 11.8 Å². The first kappa shape index (κ1) is 14.1. The van der Waals surface area contributed by atoms with Crippen LogP contribution in [-0.4, -0.2) is 48.9 Å². The fourth-order valence-electron chi connectivity index (χ4n) is 2.93. The average molecular weight is 286 g/mol. The molecular formula is C16H22N4O. The lowest BCUT2D eigenvalue weighted by atomic mass is 9.99. The Kier molecular flexibility index (Phi) is 3.92. The zero-order valence-electron chi connectivity index (χ0n) is 12.7. The Morgan fingerprint density at radius 1 is 1.29 bits per heavy atom. The van der Waals surface area contributed by atoms with Gasteiger partial charge in [-0.3, -0.25) is 0 Å². The zero-order valence-corrected chi connectivity index (χ0v) is 12.7. The Hall–Kier alpha value is -1.88. The van der Waals surface area contributed by atoms with E-state index in [2.05, 4.69) is 11.0 Å². The summed E-state index contributed by atoms with van der Waals surface area (Å²) >= 11 is 0. The predicted octanol–water partition coefficient (Wildman–Crippen LogP) is 1.90. The standard InChI is InChI=1S/C16H22N4O/c1-19(2)15-13-7-3-4-8-14(13)17-16(18-15)20-9-5-6-12(10-20)11-21/h3-4,7-8,12,21H,5-6,9-11H2,1-2H3. The Morgan fingerprint density at radius 3 is 2.86 bits per heavy atom. The Balaban J connectivity index is 2.02. The number of benzene rings is 1. The maximum absolute atomic E-state index is 9.39. The number of para-hydroxylation sites is 1. The van der Waals surface area contributed by atoms with Crippen LogP contribution >= 0.6 is 0 Å². The maximum atomic E-state index is 9.39. The molecule has 2 heterocycles. The summed E-state index contributed by atoms with van der Waals surface area (Å²) in [6.45, 7) is 2.04. The Bertz CT molecular complexity index is 629. The van der Waals surface area contributed by atoms with Gasteiger partial charge in [0.05, 0.1) is 5.52 Å². The van der Waals surface area contributed by atoms with Crippen molar-refractivity contribution in [1.82, 2.24) is 9.97 Å². The molecule has 0 saturated carbocycles. The van der Waals surface area contributed by atoms with Crippen molar-refractivity contribution in [2.75, 3.05) is 43.6 Å². The summed E-state index contributed by atoms with van der Waals surface area (Å²) in [6.07, 6.45) is 2.17. The lowest BCUT2D eigenvalue weighted by Crippen LogP contribution is -2.38. The third-order valence-corrected chi connectivity index (χ3v) is 4.05. The number of hydrogen-bond donors (Lipinski definition) is 1. The van der Waals surface area contributed by atoms with Crippen LogP contribution in [0, 0.1) is 5.92 Å². The summed E-state index contributed by atoms with van der Waals surface area (Å²) in [7, 11) is 4.01. The molecule has 1 N–H and O–H groups in total. The lowest BCUT2D eigenvalue weighted by Gasteiger charge is -2.32. The van der Waals surface area contributed by atoms with Crippen molar-refractivity contribution >= 4 is 22.7 Å². The second kappa shape index (κ2) is 5.85. The van der Waals surface area contributed by atoms with E-state index >= 15 is 0 Å². The predicted molar refractivity (Wildman–Crippen MR) is 85.9 cm³/mol. The molecule has 0 spiro atoms. The minimum absolute atomic E-state index is 0.241. The first-order valence-electron chi connectivity index (χ1n) is 7.49. The van der Waals surface area contributed by atoms with Crippen LogP contribution in [0.5, 0.6) is 0 Å². The van der Waals surface area contributed by atoms with Crippen LogP contribution in [0.15, 0.2) is 24.3 Å². The van der Waals surface area contributed by atoms with Crippen LogP contribution in [0.1, 0.15) is 12.8 Å². The van der Waals surface area contributed by atoms with Crippen LogP contribution in [0.2, 0.25) is 0 Å². The number of piperidine rings is 1. The highest BCUT2D eigenvalue weighted by Gasteiger charge is 2.22. The molecule has 0 amide bonds. The number of rotatable bonds is 3. The van der Waals surface area contributed by atoms with Gasteiger partial charge in [-0.1, -0.05) is 12.1 Å². The summed E-state index contributed by atoms with van der Waals surface area (Å²) in [4.78, 5) is 13.7. The molecule has 1 aliphatic heterocycles. The van der Waals surface area contributed by atoms with Gasteiger partial charge in [-0.25, -0.2) is 4.98 Å². The number of aliphatic hydroxyl groups excluding tert-OH is 1. The van der Waals surface area contributed by atoms with Gasteiger partial charge in [0.2, 0.25) is 5.95 Å². The van der Waals surface area contributed by atoms with E-state index in [1.54, 1.807) is 0 Å². The summed E-state index contributed by atoms with van der Waals surface area (Å²) in [5.74, 6) is 2.05. The topological polar surface area (TPSA) is 52.5 Å². The van der Waals surface area contributed by atoms with Crippen LogP contribution in [-0.2, 0) is 0 Å². The molecule has 3 rings (SSSR count). The molecule has 5 heteroatoms. The van der Waals surface area contributed by atoms with Crippen LogP contribution < -0.4 is 9.80 Å². The van der Waals surface area contributed by atoms with Gasteiger partial charge >= 0.3 is 0 Å². The van der Waals surface area contributed by atoms with E-state index in [1.807, 2.05) is 37.2 Å². The molecule has 1 aromatic carbocycles. The SMILES string of the molecule is CN(C)c1nc(N2CCCC(CO)C2)nc2ccccc12. The molecule has 0 radical (unpaired) electrons. The van der Waals surface area contributed by atoms with E-state index in [9.17, 15) is 5.11 Å². The van der Waals surface area contributed by atoms with Crippen molar-refractivity contribution < 1.29 is 5.11 Å². The molecule has 0 bridgehead atoms. The molecule has 2 aromatic rings. The molecule has 1 fully saturated rings. The number of hydrogen-bond acceptors (Lipinski definition) is 5. The van der Waals surface area contributed by atoms with Crippen molar-refractivity contribution in [2.24, 2.45) is 5.92 Å². The fourth-order valence-corrected chi connectivity index (χ4v) is 2.93. The highest BCUT2D eigenvalue weighted by Crippen LogP contribution is 2.27. The van der Waals surface area contributed by atoms with Crippen molar-refractivity contribution in [3.63, 3.8) is 0 Å². The van der Waals surface area contributed by atoms with Crippen molar-refractivity contribution in [1.29, 1.82) is 0 Å². The molecule has 1 aromatic heterocycles. The Morgan fingerprint density at radius 2 is 2.10 bits per heavy atom. The van der Waals surface area contributed by atoms with E-state index < -0.39 is 0 Å². The average Bonchev–Trinajstić information content (AvgIpc) is 2.53. The largest absolute Gasteiger partial charge is 0.396 e. The van der Waals surface area contributed by atoms with Crippen molar-refractivity contribution in [2.45, 2.75) is 12.8 Å². The fraction of sp³-hybridized carbons (Fsp3) is 0.500. The van der Waals surface area contributed by atoms with Gasteiger partial charge in [0.1, 0.15) is 5.82 Å². The molecule has 1 unspecified atom stereocenters. The Labute approximate surface area is 125 Å². The first-order chi connectivity index (χ1) is 10.2. The van der Waals surface area contributed by atoms with Gasteiger partial charge in [0.25, 0.3) is 0 Å². The van der Waals surface area contributed by atoms with E-state index in [-0.39, 0.29) is 6.61 Å². The number of nitrogens with zero attached hydrogens (tertiary/aromatic N) is 4. The highest BCUT2D eigenvalue weighted by molar-refractivity contribution is 5.90. The summed E-state index contributed by atoms with van der Waals surface area (Å²) in [6, 6.07) is 8.11. The van der Waals surface area contributed by atoms with Crippen molar-refractivity contribution in [3.05, 3.63) is 24.3 Å². The van der Waals surface area contributed by atoms with E-state index in [0.717, 1.165) is 48.6 Å².